The molecule has 0 aliphatic rings. The molecule has 0 bridgehead atoms. The normalized spacial score (nSPS) is 10.8. The van der Waals surface area contributed by atoms with Gasteiger partial charge in [0.25, 0.3) is 0 Å². The fourth-order valence-corrected chi connectivity index (χ4v) is 1.36. The average molecular weight is 261 g/mol. The molecule has 0 saturated heterocycles. The van der Waals surface area contributed by atoms with Crippen LogP contribution in [0.1, 0.15) is 10.6 Å². The summed E-state index contributed by atoms with van der Waals surface area (Å²) in [4.78, 5) is 18.9. The SMILES string of the molecule is COc1cc(OC)nc(C(=O)NS(C)(=O)=O)n1. The van der Waals surface area contributed by atoms with Gasteiger partial charge in [0.15, 0.2) is 0 Å². The van der Waals surface area contributed by atoms with Gasteiger partial charge in [0.05, 0.1) is 26.5 Å². The smallest absolute Gasteiger partial charge is 0.302 e. The summed E-state index contributed by atoms with van der Waals surface area (Å²) in [5, 5.41) is 0. The van der Waals surface area contributed by atoms with Crippen LogP contribution in [0.15, 0.2) is 6.07 Å². The van der Waals surface area contributed by atoms with E-state index in [9.17, 15) is 13.2 Å². The quantitative estimate of drug-likeness (QED) is 0.754. The van der Waals surface area contributed by atoms with Crippen molar-refractivity contribution >= 4 is 15.9 Å². The second kappa shape index (κ2) is 4.95. The van der Waals surface area contributed by atoms with Crippen molar-refractivity contribution in [2.45, 2.75) is 0 Å². The molecule has 0 aliphatic carbocycles. The number of amides is 1. The van der Waals surface area contributed by atoms with Gasteiger partial charge in [-0.1, -0.05) is 0 Å². The molecule has 0 aromatic carbocycles. The minimum Gasteiger partial charge on any atom is -0.481 e. The fraction of sp³-hybridized carbons (Fsp3) is 0.375. The first-order valence-electron chi connectivity index (χ1n) is 4.35. The first kappa shape index (κ1) is 13.2. The Hall–Kier alpha value is -1.90. The minimum absolute atomic E-state index is 0.0931. The molecule has 0 unspecified atom stereocenters. The van der Waals surface area contributed by atoms with E-state index in [0.29, 0.717) is 0 Å². The second-order valence-corrected chi connectivity index (χ2v) is 4.73. The number of hydrogen-bond acceptors (Lipinski definition) is 7. The molecule has 0 fully saturated rings. The molecule has 1 amide bonds. The van der Waals surface area contributed by atoms with Crippen molar-refractivity contribution in [3.8, 4) is 11.8 Å². The van der Waals surface area contributed by atoms with Crippen LogP contribution in [0.2, 0.25) is 0 Å². The van der Waals surface area contributed by atoms with Crippen molar-refractivity contribution in [1.29, 1.82) is 0 Å². The van der Waals surface area contributed by atoms with E-state index in [1.165, 1.54) is 20.3 Å². The van der Waals surface area contributed by atoms with Crippen LogP contribution in [0.3, 0.4) is 0 Å². The van der Waals surface area contributed by atoms with E-state index >= 15 is 0 Å². The van der Waals surface area contributed by atoms with Gasteiger partial charge in [0, 0.05) is 0 Å². The van der Waals surface area contributed by atoms with Crippen molar-refractivity contribution < 1.29 is 22.7 Å². The third-order valence-electron chi connectivity index (χ3n) is 1.58. The number of rotatable bonds is 4. The highest BCUT2D eigenvalue weighted by molar-refractivity contribution is 7.89. The van der Waals surface area contributed by atoms with Gasteiger partial charge in [-0.2, -0.15) is 9.97 Å². The van der Waals surface area contributed by atoms with Crippen LogP contribution in [0.5, 0.6) is 11.8 Å². The number of aromatic nitrogens is 2. The molecule has 0 spiro atoms. The molecule has 1 aromatic heterocycles. The van der Waals surface area contributed by atoms with Gasteiger partial charge >= 0.3 is 5.91 Å². The standard InChI is InChI=1S/C8H11N3O5S/c1-15-5-4-6(16-2)10-7(9-5)8(12)11-17(3,13)14/h4H,1-3H3,(H,11,12). The van der Waals surface area contributed by atoms with Gasteiger partial charge in [-0.25, -0.2) is 13.1 Å². The Morgan fingerprint density at radius 3 is 2.06 bits per heavy atom. The lowest BCUT2D eigenvalue weighted by molar-refractivity contribution is 0.0969. The summed E-state index contributed by atoms with van der Waals surface area (Å²) < 4.78 is 33.1. The molecule has 0 saturated carbocycles. The molecule has 1 rings (SSSR count). The summed E-state index contributed by atoms with van der Waals surface area (Å²) in [5.74, 6) is -1.12. The first-order valence-corrected chi connectivity index (χ1v) is 6.24. The molecule has 8 nitrogen and oxygen atoms in total. The average Bonchev–Trinajstić information content (AvgIpc) is 2.26. The van der Waals surface area contributed by atoms with Crippen LogP contribution in [0, 0.1) is 0 Å². The summed E-state index contributed by atoms with van der Waals surface area (Å²) in [6.45, 7) is 0. The summed E-state index contributed by atoms with van der Waals surface area (Å²) in [7, 11) is -0.977. The van der Waals surface area contributed by atoms with Crippen LogP contribution < -0.4 is 14.2 Å². The Balaban J connectivity index is 3.08. The maximum absolute atomic E-state index is 11.5. The Kier molecular flexibility index (Phi) is 3.84. The summed E-state index contributed by atoms with van der Waals surface area (Å²) in [6, 6.07) is 1.36. The van der Waals surface area contributed by atoms with Crippen molar-refractivity contribution in [3.63, 3.8) is 0 Å². The van der Waals surface area contributed by atoms with Crippen molar-refractivity contribution in [3.05, 3.63) is 11.9 Å². The highest BCUT2D eigenvalue weighted by Crippen LogP contribution is 2.14. The zero-order chi connectivity index (χ0) is 13.1. The molecule has 1 N–H and O–H groups in total. The summed E-state index contributed by atoms with van der Waals surface area (Å²) in [5.41, 5.74) is 0. The molecule has 1 aromatic rings. The number of nitrogens with zero attached hydrogens (tertiary/aromatic N) is 2. The Labute approximate surface area is 98.0 Å². The predicted octanol–water partition coefficient (Wildman–Crippen LogP) is -0.817. The van der Waals surface area contributed by atoms with Gasteiger partial charge in [-0.15, -0.1) is 0 Å². The predicted molar refractivity (Wildman–Crippen MR) is 57.4 cm³/mol. The number of methoxy groups -OCH3 is 2. The molecule has 0 aliphatic heterocycles. The lowest BCUT2D eigenvalue weighted by Gasteiger charge is -2.05. The zero-order valence-corrected chi connectivity index (χ0v) is 10.2. The Bertz CT molecular complexity index is 506. The van der Waals surface area contributed by atoms with E-state index in [4.69, 9.17) is 9.47 Å². The van der Waals surface area contributed by atoms with Crippen LogP contribution >= 0.6 is 0 Å². The maximum Gasteiger partial charge on any atom is 0.302 e. The Morgan fingerprint density at radius 2 is 1.71 bits per heavy atom. The van der Waals surface area contributed by atoms with E-state index in [0.717, 1.165) is 6.26 Å². The number of ether oxygens (including phenoxy) is 2. The highest BCUT2D eigenvalue weighted by Gasteiger charge is 2.16. The Morgan fingerprint density at radius 1 is 1.24 bits per heavy atom. The van der Waals surface area contributed by atoms with Crippen molar-refractivity contribution in [2.24, 2.45) is 0 Å². The third kappa shape index (κ3) is 3.87. The van der Waals surface area contributed by atoms with Gasteiger partial charge in [0.2, 0.25) is 27.6 Å². The summed E-state index contributed by atoms with van der Waals surface area (Å²) in [6.07, 6.45) is 0.850. The monoisotopic (exact) mass is 261 g/mol. The van der Waals surface area contributed by atoms with E-state index in [-0.39, 0.29) is 17.6 Å². The van der Waals surface area contributed by atoms with Gasteiger partial charge in [-0.05, 0) is 0 Å². The highest BCUT2D eigenvalue weighted by atomic mass is 32.2. The molecular formula is C8H11N3O5S. The molecule has 1 heterocycles. The minimum atomic E-state index is -3.67. The number of hydrogen-bond donors (Lipinski definition) is 1. The largest absolute Gasteiger partial charge is 0.481 e. The lowest BCUT2D eigenvalue weighted by Crippen LogP contribution is -2.30. The maximum atomic E-state index is 11.5. The summed E-state index contributed by atoms with van der Waals surface area (Å²) >= 11 is 0. The molecule has 9 heteroatoms. The van der Waals surface area contributed by atoms with Crippen molar-refractivity contribution in [2.75, 3.05) is 20.5 Å². The molecule has 94 valence electrons. The van der Waals surface area contributed by atoms with E-state index in [1.54, 1.807) is 4.72 Å². The van der Waals surface area contributed by atoms with Crippen LogP contribution in [0.25, 0.3) is 0 Å². The van der Waals surface area contributed by atoms with E-state index in [2.05, 4.69) is 9.97 Å². The number of carbonyl (C=O) groups excluding carboxylic acids is 1. The second-order valence-electron chi connectivity index (χ2n) is 2.98. The van der Waals surface area contributed by atoms with Gasteiger partial charge in [0.1, 0.15) is 0 Å². The van der Waals surface area contributed by atoms with Crippen LogP contribution in [-0.4, -0.2) is 44.8 Å². The number of carbonyl (C=O) groups is 1. The number of nitrogens with one attached hydrogen (secondary N) is 1. The molecule has 17 heavy (non-hydrogen) atoms. The van der Waals surface area contributed by atoms with Gasteiger partial charge < -0.3 is 9.47 Å². The molecule has 0 radical (unpaired) electrons. The topological polar surface area (TPSA) is 107 Å². The fourth-order valence-electron chi connectivity index (χ4n) is 0.929. The van der Waals surface area contributed by atoms with Crippen molar-refractivity contribution in [1.82, 2.24) is 14.7 Å². The molecular weight excluding hydrogens is 250 g/mol. The lowest BCUT2D eigenvalue weighted by atomic mass is 10.5. The van der Waals surface area contributed by atoms with E-state index < -0.39 is 15.9 Å². The van der Waals surface area contributed by atoms with Crippen LogP contribution in [-0.2, 0) is 10.0 Å². The van der Waals surface area contributed by atoms with Crippen LogP contribution in [0.4, 0.5) is 0 Å². The first-order chi connectivity index (χ1) is 7.85. The third-order valence-corrected chi connectivity index (χ3v) is 2.13. The molecule has 0 atom stereocenters. The van der Waals surface area contributed by atoms with Gasteiger partial charge in [-0.3, -0.25) is 4.79 Å². The number of sulfonamides is 1. The van der Waals surface area contributed by atoms with E-state index in [1.807, 2.05) is 0 Å². The zero-order valence-electron chi connectivity index (χ0n) is 9.42.